The summed E-state index contributed by atoms with van der Waals surface area (Å²) in [5.74, 6) is -0.594. The first-order valence-electron chi connectivity index (χ1n) is 5.05. The zero-order valence-electron chi connectivity index (χ0n) is 8.77. The lowest BCUT2D eigenvalue weighted by Gasteiger charge is -2.14. The number of amides is 2. The molecule has 0 radical (unpaired) electrons. The molecule has 0 aromatic heterocycles. The van der Waals surface area contributed by atoms with Crippen LogP contribution in [0.4, 0.5) is 5.69 Å². The van der Waals surface area contributed by atoms with Gasteiger partial charge in [0.15, 0.2) is 0 Å². The maximum atomic E-state index is 11.6. The van der Waals surface area contributed by atoms with Crippen LogP contribution in [-0.2, 0) is 22.6 Å². The van der Waals surface area contributed by atoms with Crippen LogP contribution in [0.2, 0.25) is 0 Å². The number of nitrogens with zero attached hydrogens (tertiary/aromatic N) is 1. The first-order valence-corrected chi connectivity index (χ1v) is 5.05. The maximum absolute atomic E-state index is 11.6. The van der Waals surface area contributed by atoms with Gasteiger partial charge in [0.05, 0.1) is 18.7 Å². The molecule has 1 aliphatic rings. The number of imide groups is 1. The maximum Gasteiger partial charge on any atom is 0.247 e. The van der Waals surface area contributed by atoms with Crippen LogP contribution in [0.3, 0.4) is 0 Å². The fourth-order valence-electron chi connectivity index (χ4n) is 1.87. The Morgan fingerprint density at radius 1 is 1.38 bits per heavy atom. The topological polar surface area (TPSA) is 89.4 Å². The highest BCUT2D eigenvalue weighted by Gasteiger charge is 2.31. The van der Waals surface area contributed by atoms with Crippen molar-refractivity contribution in [1.82, 2.24) is 0 Å². The number of anilines is 1. The van der Waals surface area contributed by atoms with Crippen molar-refractivity contribution in [3.8, 4) is 0 Å². The minimum atomic E-state index is -0.371. The Bertz CT molecular complexity index is 457. The highest BCUT2D eigenvalue weighted by molar-refractivity contribution is 6.19. The lowest BCUT2D eigenvalue weighted by Crippen LogP contribution is -2.38. The lowest BCUT2D eigenvalue weighted by molar-refractivity contribution is -0.124. The fourth-order valence-corrected chi connectivity index (χ4v) is 1.87. The van der Waals surface area contributed by atoms with Gasteiger partial charge in [0, 0.05) is 6.54 Å². The number of hydrogen-bond donors (Lipinski definition) is 2. The number of carbonyl (C=O) groups excluding carboxylic acids is 2. The van der Waals surface area contributed by atoms with Gasteiger partial charge in [-0.15, -0.1) is 0 Å². The monoisotopic (exact) mass is 219 g/mol. The molecule has 0 fully saturated rings. The van der Waals surface area contributed by atoms with Crippen LogP contribution in [0.1, 0.15) is 11.1 Å². The van der Waals surface area contributed by atoms with Crippen LogP contribution in [0.25, 0.3) is 0 Å². The summed E-state index contributed by atoms with van der Waals surface area (Å²) in [4.78, 5) is 24.3. The predicted molar refractivity (Wildman–Crippen MR) is 59.6 cm³/mol. The number of nitrogens with two attached hydrogens (primary N) is 2. The Labute approximate surface area is 93.0 Å². The Balaban J connectivity index is 2.42. The van der Waals surface area contributed by atoms with E-state index in [2.05, 4.69) is 0 Å². The van der Waals surface area contributed by atoms with Crippen LogP contribution in [0.15, 0.2) is 18.2 Å². The van der Waals surface area contributed by atoms with Crippen molar-refractivity contribution in [2.75, 3.05) is 11.4 Å². The Morgan fingerprint density at radius 3 is 2.75 bits per heavy atom. The molecule has 1 aliphatic heterocycles. The Morgan fingerprint density at radius 2 is 2.12 bits per heavy atom. The molecule has 0 saturated carbocycles. The second-order valence-corrected chi connectivity index (χ2v) is 3.67. The second-order valence-electron chi connectivity index (χ2n) is 3.67. The van der Waals surface area contributed by atoms with Crippen LogP contribution >= 0.6 is 0 Å². The Kier molecular flexibility index (Phi) is 2.72. The summed E-state index contributed by atoms with van der Waals surface area (Å²) in [5, 5.41) is 0. The molecule has 4 N–H and O–H groups in total. The lowest BCUT2D eigenvalue weighted by atomic mass is 10.1. The van der Waals surface area contributed by atoms with E-state index in [-0.39, 0.29) is 24.8 Å². The molecule has 1 aromatic rings. The zero-order valence-corrected chi connectivity index (χ0v) is 8.77. The van der Waals surface area contributed by atoms with Crippen LogP contribution in [0.5, 0.6) is 0 Å². The van der Waals surface area contributed by atoms with Gasteiger partial charge in [-0.05, 0) is 17.2 Å². The van der Waals surface area contributed by atoms with Crippen molar-refractivity contribution in [2.45, 2.75) is 13.0 Å². The zero-order chi connectivity index (χ0) is 11.7. The van der Waals surface area contributed by atoms with Crippen molar-refractivity contribution < 1.29 is 9.59 Å². The minimum absolute atomic E-state index is 0.163. The summed E-state index contributed by atoms with van der Waals surface area (Å²) in [6, 6.07) is 5.42. The van der Waals surface area contributed by atoms with E-state index >= 15 is 0 Å². The SMILES string of the molecule is NCC(=O)N1C(=O)Cc2cc(CN)ccc21. The normalized spacial score (nSPS) is 14.1. The van der Waals surface area contributed by atoms with Crippen LogP contribution < -0.4 is 16.4 Å². The molecule has 1 heterocycles. The van der Waals surface area contributed by atoms with Gasteiger partial charge in [0.1, 0.15) is 0 Å². The van der Waals surface area contributed by atoms with E-state index in [4.69, 9.17) is 11.5 Å². The summed E-state index contributed by atoms with van der Waals surface area (Å²) < 4.78 is 0. The average Bonchev–Trinajstić information content (AvgIpc) is 2.62. The van der Waals surface area contributed by atoms with Crippen molar-refractivity contribution >= 4 is 17.5 Å². The summed E-state index contributed by atoms with van der Waals surface area (Å²) in [6.45, 7) is 0.260. The number of rotatable bonds is 2. The number of carbonyl (C=O) groups is 2. The first kappa shape index (κ1) is 10.8. The van der Waals surface area contributed by atoms with Crippen molar-refractivity contribution in [1.29, 1.82) is 0 Å². The Hall–Kier alpha value is -1.72. The smallest absolute Gasteiger partial charge is 0.247 e. The number of hydrogen-bond acceptors (Lipinski definition) is 4. The predicted octanol–water partition coefficient (Wildman–Crippen LogP) is -0.480. The molecule has 2 rings (SSSR count). The summed E-state index contributed by atoms with van der Waals surface area (Å²) >= 11 is 0. The molecule has 2 amide bonds. The largest absolute Gasteiger partial charge is 0.326 e. The van der Waals surface area contributed by atoms with Crippen molar-refractivity contribution in [3.63, 3.8) is 0 Å². The number of fused-ring (bicyclic) bond motifs is 1. The second kappa shape index (κ2) is 4.03. The third-order valence-electron chi connectivity index (χ3n) is 2.64. The molecule has 1 aromatic carbocycles. The highest BCUT2D eigenvalue weighted by Crippen LogP contribution is 2.29. The van der Waals surface area contributed by atoms with Crippen LogP contribution in [0, 0.1) is 0 Å². The molecular formula is C11H13N3O2. The number of benzene rings is 1. The molecule has 0 saturated heterocycles. The van der Waals surface area contributed by atoms with Gasteiger partial charge in [-0.3, -0.25) is 9.59 Å². The molecule has 0 atom stereocenters. The molecule has 0 spiro atoms. The van der Waals surface area contributed by atoms with Crippen molar-refractivity contribution in [2.24, 2.45) is 11.5 Å². The van der Waals surface area contributed by atoms with E-state index < -0.39 is 0 Å². The van der Waals surface area contributed by atoms with E-state index in [1.54, 1.807) is 6.07 Å². The molecule has 5 heteroatoms. The van der Waals surface area contributed by atoms with Gasteiger partial charge in [-0.25, -0.2) is 4.90 Å². The summed E-state index contributed by atoms with van der Waals surface area (Å²) in [6.07, 6.45) is 0.245. The van der Waals surface area contributed by atoms with Gasteiger partial charge in [-0.1, -0.05) is 12.1 Å². The molecule has 84 valence electrons. The van der Waals surface area contributed by atoms with E-state index in [9.17, 15) is 9.59 Å². The van der Waals surface area contributed by atoms with Gasteiger partial charge in [0.25, 0.3) is 0 Å². The van der Waals surface area contributed by atoms with Gasteiger partial charge in [-0.2, -0.15) is 0 Å². The van der Waals surface area contributed by atoms with E-state index in [0.717, 1.165) is 16.0 Å². The minimum Gasteiger partial charge on any atom is -0.326 e. The molecule has 0 bridgehead atoms. The van der Waals surface area contributed by atoms with E-state index in [1.807, 2.05) is 12.1 Å². The first-order chi connectivity index (χ1) is 7.67. The van der Waals surface area contributed by atoms with Gasteiger partial charge >= 0.3 is 0 Å². The molecular weight excluding hydrogens is 206 g/mol. The molecule has 16 heavy (non-hydrogen) atoms. The fraction of sp³-hybridized carbons (Fsp3) is 0.273. The van der Waals surface area contributed by atoms with E-state index in [1.165, 1.54) is 0 Å². The molecule has 0 aliphatic carbocycles. The summed E-state index contributed by atoms with van der Waals surface area (Å²) in [7, 11) is 0. The highest BCUT2D eigenvalue weighted by atomic mass is 16.2. The third-order valence-corrected chi connectivity index (χ3v) is 2.64. The van der Waals surface area contributed by atoms with E-state index in [0.29, 0.717) is 12.2 Å². The quantitative estimate of drug-likeness (QED) is 0.703. The standard InChI is InChI=1S/C11H13N3O2/c12-5-7-1-2-9-8(3-7)4-10(15)14(9)11(16)6-13/h1-3H,4-6,12-13H2. The van der Waals surface area contributed by atoms with Gasteiger partial charge < -0.3 is 11.5 Å². The van der Waals surface area contributed by atoms with Crippen LogP contribution in [-0.4, -0.2) is 18.4 Å². The van der Waals surface area contributed by atoms with Gasteiger partial charge in [0.2, 0.25) is 11.8 Å². The summed E-state index contributed by atoms with van der Waals surface area (Å²) in [5.41, 5.74) is 13.2. The molecule has 5 nitrogen and oxygen atoms in total. The van der Waals surface area contributed by atoms with Crippen molar-refractivity contribution in [3.05, 3.63) is 29.3 Å². The third kappa shape index (κ3) is 1.60. The average molecular weight is 219 g/mol. The molecule has 0 unspecified atom stereocenters.